The van der Waals surface area contributed by atoms with Crippen LogP contribution in [0.15, 0.2) is 78.0 Å². The lowest BCUT2D eigenvalue weighted by atomic mass is 10.1. The average molecular weight is 473 g/mol. The molecule has 8 heteroatoms. The van der Waals surface area contributed by atoms with Crippen molar-refractivity contribution in [2.45, 2.75) is 24.9 Å². The number of anilines is 1. The van der Waals surface area contributed by atoms with E-state index in [1.807, 2.05) is 79.7 Å². The van der Waals surface area contributed by atoms with E-state index in [1.54, 1.807) is 7.11 Å². The molecule has 5 rings (SSSR count). The first-order chi connectivity index (χ1) is 16.7. The molecule has 0 saturated carbocycles. The summed E-state index contributed by atoms with van der Waals surface area (Å²) in [6.45, 7) is 2.50. The molecular formula is C26H24N4O3S. The number of para-hydroxylation sites is 1. The van der Waals surface area contributed by atoms with E-state index < -0.39 is 6.23 Å². The number of rotatable bonds is 7. The summed E-state index contributed by atoms with van der Waals surface area (Å²) in [5, 5.41) is 12.7. The largest absolute Gasteiger partial charge is 0.493 e. The van der Waals surface area contributed by atoms with E-state index in [1.165, 1.54) is 11.8 Å². The van der Waals surface area contributed by atoms with Crippen LogP contribution >= 0.6 is 11.8 Å². The van der Waals surface area contributed by atoms with Crippen molar-refractivity contribution in [2.75, 3.05) is 18.2 Å². The third kappa shape index (κ3) is 4.63. The summed E-state index contributed by atoms with van der Waals surface area (Å²) in [7, 11) is 1.63. The minimum atomic E-state index is -0.504. The molecular weight excluding hydrogens is 448 g/mol. The predicted octanol–water partition coefficient (Wildman–Crippen LogP) is 5.74. The number of ether oxygens (including phenoxy) is 3. The van der Waals surface area contributed by atoms with Gasteiger partial charge in [-0.15, -0.1) is 10.2 Å². The maximum Gasteiger partial charge on any atom is 0.247 e. The van der Waals surface area contributed by atoms with Crippen molar-refractivity contribution < 1.29 is 14.2 Å². The number of methoxy groups -OCH3 is 1. The molecule has 3 aromatic carbocycles. The Balaban J connectivity index is 1.46. The first-order valence-electron chi connectivity index (χ1n) is 11.0. The van der Waals surface area contributed by atoms with Crippen molar-refractivity contribution in [2.24, 2.45) is 0 Å². The van der Waals surface area contributed by atoms with Crippen LogP contribution in [0, 0.1) is 0 Å². The Morgan fingerprint density at radius 1 is 0.971 bits per heavy atom. The quantitative estimate of drug-likeness (QED) is 0.341. The lowest BCUT2D eigenvalue weighted by Crippen LogP contribution is -2.17. The summed E-state index contributed by atoms with van der Waals surface area (Å²) >= 11 is 1.52. The lowest BCUT2D eigenvalue weighted by molar-refractivity contribution is 0.224. The van der Waals surface area contributed by atoms with Crippen molar-refractivity contribution in [3.63, 3.8) is 0 Å². The summed E-state index contributed by atoms with van der Waals surface area (Å²) in [4.78, 5) is 4.63. The van der Waals surface area contributed by atoms with Gasteiger partial charge in [0.15, 0.2) is 23.4 Å². The van der Waals surface area contributed by atoms with Gasteiger partial charge in [-0.1, -0.05) is 67.2 Å². The van der Waals surface area contributed by atoms with E-state index in [-0.39, 0.29) is 0 Å². The maximum absolute atomic E-state index is 6.35. The van der Waals surface area contributed by atoms with Gasteiger partial charge in [-0.2, -0.15) is 4.98 Å². The number of fused-ring (bicyclic) bond motifs is 3. The molecule has 0 bridgehead atoms. The lowest BCUT2D eigenvalue weighted by Gasteiger charge is -2.21. The van der Waals surface area contributed by atoms with E-state index >= 15 is 0 Å². The van der Waals surface area contributed by atoms with Crippen LogP contribution in [0.4, 0.5) is 5.69 Å². The monoisotopic (exact) mass is 472 g/mol. The van der Waals surface area contributed by atoms with Crippen molar-refractivity contribution in [1.29, 1.82) is 0 Å². The molecule has 1 atom stereocenters. The van der Waals surface area contributed by atoms with E-state index in [2.05, 4.69) is 20.5 Å². The van der Waals surface area contributed by atoms with Gasteiger partial charge < -0.3 is 19.5 Å². The van der Waals surface area contributed by atoms with Gasteiger partial charge in [0.25, 0.3) is 0 Å². The highest BCUT2D eigenvalue weighted by Crippen LogP contribution is 2.40. The molecule has 0 aliphatic carbocycles. The summed E-state index contributed by atoms with van der Waals surface area (Å²) < 4.78 is 18.0. The van der Waals surface area contributed by atoms with Gasteiger partial charge in [-0.25, -0.2) is 0 Å². The molecule has 0 spiro atoms. The molecule has 0 unspecified atom stereocenters. The Bertz CT molecular complexity index is 1290. The van der Waals surface area contributed by atoms with Crippen LogP contribution in [0.5, 0.6) is 17.4 Å². The maximum atomic E-state index is 6.35. The minimum absolute atomic E-state index is 0.441. The molecule has 1 aromatic heterocycles. The standard InChI is InChI=1S/C26H24N4O3S/c1-3-34-26-28-25-23(29-30-26)19-11-7-8-12-20(19)27-24(33-25)18-13-14-21(22(15-18)31-2)32-16-17-9-5-4-6-10-17/h4-15,24,27H,3,16H2,1-2H3/t24-/m0/s1. The smallest absolute Gasteiger partial charge is 0.247 e. The van der Waals surface area contributed by atoms with E-state index in [0.29, 0.717) is 34.8 Å². The topological polar surface area (TPSA) is 78.4 Å². The summed E-state index contributed by atoms with van der Waals surface area (Å²) in [6.07, 6.45) is -0.504. The van der Waals surface area contributed by atoms with Crippen molar-refractivity contribution in [3.05, 3.63) is 83.9 Å². The summed E-state index contributed by atoms with van der Waals surface area (Å²) in [5.74, 6) is 2.58. The molecule has 0 radical (unpaired) electrons. The molecule has 7 nitrogen and oxygen atoms in total. The molecule has 1 aliphatic rings. The highest BCUT2D eigenvalue weighted by Gasteiger charge is 2.26. The van der Waals surface area contributed by atoms with Crippen LogP contribution < -0.4 is 19.5 Å². The van der Waals surface area contributed by atoms with Crippen molar-refractivity contribution in [3.8, 4) is 28.6 Å². The molecule has 2 heterocycles. The second-order valence-corrected chi connectivity index (χ2v) is 8.78. The average Bonchev–Trinajstić information content (AvgIpc) is 3.05. The zero-order chi connectivity index (χ0) is 23.3. The molecule has 34 heavy (non-hydrogen) atoms. The van der Waals surface area contributed by atoms with Crippen LogP contribution in [-0.4, -0.2) is 28.0 Å². The first-order valence-corrected chi connectivity index (χ1v) is 12.0. The van der Waals surface area contributed by atoms with Gasteiger partial charge in [0.05, 0.1) is 7.11 Å². The van der Waals surface area contributed by atoms with Crippen LogP contribution in [0.2, 0.25) is 0 Å². The number of benzene rings is 3. The van der Waals surface area contributed by atoms with Crippen molar-refractivity contribution >= 4 is 17.4 Å². The Morgan fingerprint density at radius 3 is 2.62 bits per heavy atom. The third-order valence-corrected chi connectivity index (χ3v) is 6.05. The number of hydrogen-bond acceptors (Lipinski definition) is 8. The van der Waals surface area contributed by atoms with Gasteiger partial charge in [-0.3, -0.25) is 0 Å². The molecule has 0 fully saturated rings. The van der Waals surface area contributed by atoms with Gasteiger partial charge in [0, 0.05) is 16.8 Å². The Kier molecular flexibility index (Phi) is 6.49. The summed E-state index contributed by atoms with van der Waals surface area (Å²) in [5.41, 5.74) is 4.35. The van der Waals surface area contributed by atoms with E-state index in [0.717, 1.165) is 28.1 Å². The fraction of sp³-hybridized carbons (Fsp3) is 0.192. The molecule has 172 valence electrons. The third-order valence-electron chi connectivity index (χ3n) is 5.33. The molecule has 0 saturated heterocycles. The summed E-state index contributed by atoms with van der Waals surface area (Å²) in [6, 6.07) is 23.7. The fourth-order valence-electron chi connectivity index (χ4n) is 3.69. The van der Waals surface area contributed by atoms with Crippen LogP contribution in [-0.2, 0) is 6.61 Å². The zero-order valence-corrected chi connectivity index (χ0v) is 19.7. The Labute approximate surface area is 202 Å². The zero-order valence-electron chi connectivity index (χ0n) is 18.9. The van der Waals surface area contributed by atoms with E-state index in [9.17, 15) is 0 Å². The van der Waals surface area contributed by atoms with Gasteiger partial charge >= 0.3 is 0 Å². The van der Waals surface area contributed by atoms with Crippen LogP contribution in [0.3, 0.4) is 0 Å². The fourth-order valence-corrected chi connectivity index (χ4v) is 4.19. The van der Waals surface area contributed by atoms with Crippen LogP contribution in [0.25, 0.3) is 11.3 Å². The minimum Gasteiger partial charge on any atom is -0.493 e. The normalized spacial score (nSPS) is 14.1. The highest BCUT2D eigenvalue weighted by atomic mass is 32.2. The Hall–Kier alpha value is -3.78. The first kappa shape index (κ1) is 22.0. The van der Waals surface area contributed by atoms with Gasteiger partial charge in [-0.05, 0) is 35.6 Å². The molecule has 4 aromatic rings. The van der Waals surface area contributed by atoms with Gasteiger partial charge in [0.1, 0.15) is 6.61 Å². The number of nitrogens with zero attached hydrogens (tertiary/aromatic N) is 3. The number of hydrogen-bond donors (Lipinski definition) is 1. The SMILES string of the molecule is CCSc1nnc2c(n1)O[C@@H](c1ccc(OCc3ccccc3)c(OC)c1)Nc1ccccc1-2. The Morgan fingerprint density at radius 2 is 1.79 bits per heavy atom. The number of thioether (sulfide) groups is 1. The second-order valence-electron chi connectivity index (χ2n) is 7.55. The number of aromatic nitrogens is 3. The molecule has 1 N–H and O–H groups in total. The number of nitrogens with one attached hydrogen (secondary N) is 1. The van der Waals surface area contributed by atoms with Crippen molar-refractivity contribution in [1.82, 2.24) is 15.2 Å². The van der Waals surface area contributed by atoms with Crippen LogP contribution in [0.1, 0.15) is 24.3 Å². The predicted molar refractivity (Wildman–Crippen MR) is 132 cm³/mol. The molecule has 1 aliphatic heterocycles. The van der Waals surface area contributed by atoms with E-state index in [4.69, 9.17) is 14.2 Å². The molecule has 0 amide bonds. The second kappa shape index (κ2) is 10.0. The van der Waals surface area contributed by atoms with Gasteiger partial charge in [0.2, 0.25) is 11.0 Å². The highest BCUT2D eigenvalue weighted by molar-refractivity contribution is 7.99.